The van der Waals surface area contributed by atoms with E-state index in [2.05, 4.69) is 69.8 Å². The third-order valence-electron chi connectivity index (χ3n) is 6.59. The first-order valence-corrected chi connectivity index (χ1v) is 12.7. The van der Waals surface area contributed by atoms with Crippen molar-refractivity contribution in [1.29, 1.82) is 0 Å². The zero-order chi connectivity index (χ0) is 26.5. The monoisotopic (exact) mass is 500 g/mol. The molecule has 4 aromatic carbocycles. The van der Waals surface area contributed by atoms with Gasteiger partial charge < -0.3 is 21.3 Å². The summed E-state index contributed by atoms with van der Waals surface area (Å²) in [5.74, 6) is 0. The van der Waals surface area contributed by atoms with Gasteiger partial charge in [-0.25, -0.2) is 9.97 Å². The van der Waals surface area contributed by atoms with Gasteiger partial charge in [0.05, 0.1) is 22.8 Å². The maximum Gasteiger partial charge on any atom is 0.0974 e. The summed E-state index contributed by atoms with van der Waals surface area (Å²) in [6.07, 6.45) is 0. The fourth-order valence-electron chi connectivity index (χ4n) is 4.53. The summed E-state index contributed by atoms with van der Waals surface area (Å²) in [5.41, 5.74) is 11.4. The molecule has 6 nitrogen and oxygen atoms in total. The maximum absolute atomic E-state index is 5.37. The topological polar surface area (TPSA) is 73.9 Å². The minimum Gasteiger partial charge on any atom is -0.388 e. The predicted octanol–water partition coefficient (Wildman–Crippen LogP) is 7.31. The summed E-state index contributed by atoms with van der Waals surface area (Å²) < 4.78 is 0. The predicted molar refractivity (Wildman–Crippen MR) is 162 cm³/mol. The molecule has 0 amide bonds. The van der Waals surface area contributed by atoms with E-state index in [1.54, 1.807) is 0 Å². The van der Waals surface area contributed by atoms with Gasteiger partial charge in [0.25, 0.3) is 0 Å². The molecule has 5 aromatic rings. The SMILES string of the molecule is CNc1cccc(-c2nc(-c3cccc(NC)c3)c(-c3cccc(NC)c3)nc2-c2cccc(NC)c2)c1. The van der Waals surface area contributed by atoms with Crippen LogP contribution in [0.5, 0.6) is 0 Å². The molecule has 0 saturated heterocycles. The average molecular weight is 501 g/mol. The molecule has 190 valence electrons. The van der Waals surface area contributed by atoms with E-state index in [0.717, 1.165) is 67.8 Å². The van der Waals surface area contributed by atoms with Crippen LogP contribution in [0.2, 0.25) is 0 Å². The molecule has 0 unspecified atom stereocenters. The van der Waals surface area contributed by atoms with Gasteiger partial charge >= 0.3 is 0 Å². The van der Waals surface area contributed by atoms with Crippen molar-refractivity contribution in [3.8, 4) is 45.0 Å². The van der Waals surface area contributed by atoms with Gasteiger partial charge in [0.2, 0.25) is 0 Å². The molecule has 1 aromatic heterocycles. The lowest BCUT2D eigenvalue weighted by molar-refractivity contribution is 1.21. The van der Waals surface area contributed by atoms with E-state index in [0.29, 0.717) is 0 Å². The lowest BCUT2D eigenvalue weighted by atomic mass is 9.98. The molecular weight excluding hydrogens is 468 g/mol. The number of benzene rings is 4. The Morgan fingerprint density at radius 3 is 0.816 bits per heavy atom. The normalized spacial score (nSPS) is 10.6. The van der Waals surface area contributed by atoms with Crippen LogP contribution in [0.4, 0.5) is 22.7 Å². The zero-order valence-electron chi connectivity index (χ0n) is 22.1. The van der Waals surface area contributed by atoms with Crippen LogP contribution in [0.1, 0.15) is 0 Å². The highest BCUT2D eigenvalue weighted by molar-refractivity contribution is 5.88. The summed E-state index contributed by atoms with van der Waals surface area (Å²) in [6.45, 7) is 0. The van der Waals surface area contributed by atoms with Crippen LogP contribution >= 0.6 is 0 Å². The third-order valence-corrected chi connectivity index (χ3v) is 6.59. The maximum atomic E-state index is 5.37. The zero-order valence-corrected chi connectivity index (χ0v) is 22.1. The molecule has 0 aliphatic heterocycles. The van der Waals surface area contributed by atoms with Crippen LogP contribution in [-0.4, -0.2) is 38.2 Å². The van der Waals surface area contributed by atoms with Crippen molar-refractivity contribution in [2.24, 2.45) is 0 Å². The smallest absolute Gasteiger partial charge is 0.0974 e. The number of nitrogens with zero attached hydrogens (tertiary/aromatic N) is 2. The second kappa shape index (κ2) is 11.0. The molecule has 0 fully saturated rings. The molecular formula is C32H32N6. The Morgan fingerprint density at radius 1 is 0.368 bits per heavy atom. The van der Waals surface area contributed by atoms with E-state index < -0.39 is 0 Å². The minimum absolute atomic E-state index is 0.828. The summed E-state index contributed by atoms with van der Waals surface area (Å²) in [4.78, 5) is 10.7. The molecule has 38 heavy (non-hydrogen) atoms. The van der Waals surface area contributed by atoms with E-state index >= 15 is 0 Å². The quantitative estimate of drug-likeness (QED) is 0.179. The number of nitrogens with one attached hydrogen (secondary N) is 4. The molecule has 0 atom stereocenters. The Morgan fingerprint density at radius 2 is 0.605 bits per heavy atom. The lowest BCUT2D eigenvalue weighted by Gasteiger charge is -2.17. The highest BCUT2D eigenvalue weighted by Crippen LogP contribution is 2.39. The Kier molecular flexibility index (Phi) is 7.22. The Bertz CT molecular complexity index is 1340. The molecule has 4 N–H and O–H groups in total. The molecule has 0 bridgehead atoms. The van der Waals surface area contributed by atoms with Crippen molar-refractivity contribution >= 4 is 22.7 Å². The van der Waals surface area contributed by atoms with Crippen LogP contribution in [0, 0.1) is 0 Å². The number of rotatable bonds is 8. The molecule has 5 rings (SSSR count). The van der Waals surface area contributed by atoms with Crippen molar-refractivity contribution in [3.05, 3.63) is 97.1 Å². The first-order valence-electron chi connectivity index (χ1n) is 12.7. The molecule has 0 spiro atoms. The standard InChI is InChI=1S/C32H32N6/c1-33-25-13-5-9-21(17-25)29-30(22-10-6-14-26(18-22)34-2)38-32(24-12-8-16-28(20-24)36-4)31(37-29)23-11-7-15-27(19-23)35-3/h5-20,33-36H,1-4H3. The largest absolute Gasteiger partial charge is 0.388 e. The van der Waals surface area contributed by atoms with E-state index in [4.69, 9.17) is 9.97 Å². The van der Waals surface area contributed by atoms with Crippen LogP contribution in [0.15, 0.2) is 97.1 Å². The van der Waals surface area contributed by atoms with E-state index in [1.807, 2.05) is 76.7 Å². The summed E-state index contributed by atoms with van der Waals surface area (Å²) in [6, 6.07) is 33.2. The van der Waals surface area contributed by atoms with Crippen LogP contribution in [0.25, 0.3) is 45.0 Å². The van der Waals surface area contributed by atoms with Gasteiger partial charge in [-0.15, -0.1) is 0 Å². The van der Waals surface area contributed by atoms with Crippen molar-refractivity contribution < 1.29 is 0 Å². The number of hydrogen-bond acceptors (Lipinski definition) is 6. The summed E-state index contributed by atoms with van der Waals surface area (Å²) in [5, 5.41) is 13.0. The van der Waals surface area contributed by atoms with Gasteiger partial charge in [0.15, 0.2) is 0 Å². The van der Waals surface area contributed by atoms with Gasteiger partial charge in [0.1, 0.15) is 0 Å². The highest BCUT2D eigenvalue weighted by Gasteiger charge is 2.20. The number of hydrogen-bond donors (Lipinski definition) is 4. The van der Waals surface area contributed by atoms with Crippen LogP contribution < -0.4 is 21.3 Å². The van der Waals surface area contributed by atoms with E-state index in [-0.39, 0.29) is 0 Å². The van der Waals surface area contributed by atoms with Crippen molar-refractivity contribution in [2.45, 2.75) is 0 Å². The average Bonchev–Trinajstić information content (AvgIpc) is 3.00. The first-order chi connectivity index (χ1) is 18.6. The van der Waals surface area contributed by atoms with Crippen molar-refractivity contribution in [2.75, 3.05) is 49.5 Å². The van der Waals surface area contributed by atoms with Gasteiger partial charge in [-0.1, -0.05) is 48.5 Å². The molecule has 0 aliphatic carbocycles. The Balaban J connectivity index is 1.86. The van der Waals surface area contributed by atoms with E-state index in [9.17, 15) is 0 Å². The third kappa shape index (κ3) is 5.02. The molecule has 6 heteroatoms. The molecule has 0 saturated carbocycles. The van der Waals surface area contributed by atoms with Gasteiger partial charge in [-0.3, -0.25) is 0 Å². The molecule has 0 radical (unpaired) electrons. The van der Waals surface area contributed by atoms with Crippen molar-refractivity contribution in [3.63, 3.8) is 0 Å². The van der Waals surface area contributed by atoms with Gasteiger partial charge in [-0.05, 0) is 48.5 Å². The number of aromatic nitrogens is 2. The fourth-order valence-corrected chi connectivity index (χ4v) is 4.53. The second-order valence-electron chi connectivity index (χ2n) is 8.94. The van der Waals surface area contributed by atoms with Crippen molar-refractivity contribution in [1.82, 2.24) is 9.97 Å². The first kappa shape index (κ1) is 24.8. The highest BCUT2D eigenvalue weighted by atomic mass is 14.9. The second-order valence-corrected chi connectivity index (χ2v) is 8.94. The Hall–Kier alpha value is -4.84. The van der Waals surface area contributed by atoms with Crippen LogP contribution in [-0.2, 0) is 0 Å². The van der Waals surface area contributed by atoms with E-state index in [1.165, 1.54) is 0 Å². The summed E-state index contributed by atoms with van der Waals surface area (Å²) in [7, 11) is 7.70. The number of anilines is 4. The summed E-state index contributed by atoms with van der Waals surface area (Å²) >= 11 is 0. The lowest BCUT2D eigenvalue weighted by Crippen LogP contribution is -2.02. The van der Waals surface area contributed by atoms with Crippen LogP contribution in [0.3, 0.4) is 0 Å². The minimum atomic E-state index is 0.828. The van der Waals surface area contributed by atoms with Gasteiger partial charge in [-0.2, -0.15) is 0 Å². The van der Waals surface area contributed by atoms with Gasteiger partial charge in [0, 0.05) is 73.2 Å². The molecule has 1 heterocycles. The molecule has 0 aliphatic rings. The Labute approximate surface area is 224 Å². The fraction of sp³-hybridized carbons (Fsp3) is 0.125.